The number of hydrogen-bond acceptors (Lipinski definition) is 5. The van der Waals surface area contributed by atoms with Gasteiger partial charge in [0.2, 0.25) is 11.1 Å². The van der Waals surface area contributed by atoms with Crippen LogP contribution in [-0.4, -0.2) is 37.4 Å². The van der Waals surface area contributed by atoms with E-state index in [0.29, 0.717) is 17.1 Å². The Kier molecular flexibility index (Phi) is 5.73. The van der Waals surface area contributed by atoms with E-state index in [-0.39, 0.29) is 11.2 Å². The number of hydrogen-bond donors (Lipinski definition) is 1. The molecule has 25 heavy (non-hydrogen) atoms. The van der Waals surface area contributed by atoms with Crippen molar-refractivity contribution in [1.29, 1.82) is 0 Å². The zero-order chi connectivity index (χ0) is 17.8. The molecular weight excluding hydrogens is 334 g/mol. The number of amides is 1. The van der Waals surface area contributed by atoms with Crippen LogP contribution in [0.2, 0.25) is 0 Å². The Labute approximate surface area is 152 Å². The van der Waals surface area contributed by atoms with Crippen LogP contribution < -0.4 is 5.32 Å². The van der Waals surface area contributed by atoms with Gasteiger partial charge in [0.25, 0.3) is 0 Å². The summed E-state index contributed by atoms with van der Waals surface area (Å²) >= 11 is 1.39. The molecule has 0 radical (unpaired) electrons. The minimum atomic E-state index is -0.236. The second-order valence-electron chi connectivity index (χ2n) is 6.87. The van der Waals surface area contributed by atoms with Crippen LogP contribution in [0.1, 0.15) is 57.9 Å². The third-order valence-electron chi connectivity index (χ3n) is 4.60. The predicted octanol–water partition coefficient (Wildman–Crippen LogP) is 3.33. The summed E-state index contributed by atoms with van der Waals surface area (Å²) in [6, 6.07) is 8.53. The highest BCUT2D eigenvalue weighted by Gasteiger charge is 2.23. The van der Waals surface area contributed by atoms with E-state index in [1.54, 1.807) is 4.68 Å². The molecule has 1 aromatic carbocycles. The molecule has 0 unspecified atom stereocenters. The van der Waals surface area contributed by atoms with Crippen LogP contribution >= 0.6 is 11.8 Å². The van der Waals surface area contributed by atoms with Gasteiger partial charge in [-0.3, -0.25) is 4.79 Å². The molecule has 1 heterocycles. The van der Waals surface area contributed by atoms with Gasteiger partial charge in [0.05, 0.1) is 10.9 Å². The van der Waals surface area contributed by atoms with E-state index < -0.39 is 0 Å². The van der Waals surface area contributed by atoms with Gasteiger partial charge >= 0.3 is 0 Å². The summed E-state index contributed by atoms with van der Waals surface area (Å²) < 4.78 is 1.69. The third-order valence-corrected chi connectivity index (χ3v) is 5.63. The molecule has 134 valence electrons. The van der Waals surface area contributed by atoms with Crippen molar-refractivity contribution in [2.45, 2.75) is 68.8 Å². The zero-order valence-electron chi connectivity index (χ0n) is 15.0. The first-order valence-electron chi connectivity index (χ1n) is 8.90. The molecule has 0 spiro atoms. The van der Waals surface area contributed by atoms with Crippen LogP contribution in [0.25, 0.3) is 5.69 Å². The lowest BCUT2D eigenvalue weighted by Crippen LogP contribution is -2.37. The summed E-state index contributed by atoms with van der Waals surface area (Å²) in [5.41, 5.74) is 2.18. The first-order chi connectivity index (χ1) is 12.0. The van der Waals surface area contributed by atoms with E-state index in [1.165, 1.54) is 30.2 Å². The van der Waals surface area contributed by atoms with Crippen LogP contribution in [0.5, 0.6) is 0 Å². The van der Waals surface area contributed by atoms with E-state index in [9.17, 15) is 4.79 Å². The number of nitrogens with one attached hydrogen (secondary N) is 1. The van der Waals surface area contributed by atoms with E-state index in [2.05, 4.69) is 46.8 Å². The lowest BCUT2D eigenvalue weighted by atomic mass is 10.0. The molecule has 0 bridgehead atoms. The summed E-state index contributed by atoms with van der Waals surface area (Å²) in [6.07, 6.45) is 4.58. The first-order valence-corrected chi connectivity index (χ1v) is 9.78. The molecule has 3 rings (SSSR count). The second kappa shape index (κ2) is 7.99. The Morgan fingerprint density at radius 1 is 1.20 bits per heavy atom. The minimum absolute atomic E-state index is 0.0570. The van der Waals surface area contributed by atoms with Gasteiger partial charge in [-0.1, -0.05) is 50.6 Å². The molecule has 0 saturated heterocycles. The van der Waals surface area contributed by atoms with E-state index >= 15 is 0 Å². The quantitative estimate of drug-likeness (QED) is 0.801. The molecular formula is C18H25N5OS. The fourth-order valence-corrected chi connectivity index (χ4v) is 3.83. The molecule has 2 aromatic rings. The van der Waals surface area contributed by atoms with Crippen molar-refractivity contribution in [3.8, 4) is 5.69 Å². The summed E-state index contributed by atoms with van der Waals surface area (Å²) in [5.74, 6) is 0.540. The molecule has 1 atom stereocenters. The number of nitrogens with zero attached hydrogens (tertiary/aromatic N) is 4. The highest BCUT2D eigenvalue weighted by Crippen LogP contribution is 2.25. The summed E-state index contributed by atoms with van der Waals surface area (Å²) in [4.78, 5) is 12.4. The molecule has 1 fully saturated rings. The largest absolute Gasteiger partial charge is 0.352 e. The van der Waals surface area contributed by atoms with E-state index in [0.717, 1.165) is 18.5 Å². The van der Waals surface area contributed by atoms with Crippen molar-refractivity contribution < 1.29 is 4.79 Å². The van der Waals surface area contributed by atoms with Gasteiger partial charge in [-0.15, -0.1) is 5.10 Å². The number of thioether (sulfide) groups is 1. The van der Waals surface area contributed by atoms with Crippen molar-refractivity contribution >= 4 is 17.7 Å². The maximum absolute atomic E-state index is 12.4. The smallest absolute Gasteiger partial charge is 0.233 e. The van der Waals surface area contributed by atoms with E-state index in [4.69, 9.17) is 0 Å². The SMILES string of the molecule is CC(C)c1ccc(-n2nnnc2S[C@@H](C)C(=O)NC2CCCC2)cc1. The number of aromatic nitrogens is 4. The monoisotopic (exact) mass is 359 g/mol. The maximum atomic E-state index is 12.4. The van der Waals surface area contributed by atoms with Gasteiger partial charge in [0.15, 0.2) is 0 Å². The summed E-state index contributed by atoms with van der Waals surface area (Å²) in [5, 5.41) is 15.5. The van der Waals surface area contributed by atoms with Crippen LogP contribution in [-0.2, 0) is 4.79 Å². The first kappa shape index (κ1) is 17.9. The standard InChI is InChI=1S/C18H25N5OS/c1-12(2)14-8-10-16(11-9-14)23-18(20-21-22-23)25-13(3)17(24)19-15-6-4-5-7-15/h8-13,15H,4-7H2,1-3H3,(H,19,24)/t13-/m0/s1. The second-order valence-corrected chi connectivity index (χ2v) is 8.18. The molecule has 1 amide bonds. The normalized spacial score (nSPS) is 16.3. The Balaban J connectivity index is 1.67. The Morgan fingerprint density at radius 3 is 2.52 bits per heavy atom. The van der Waals surface area contributed by atoms with Gasteiger partial charge in [-0.2, -0.15) is 4.68 Å². The molecule has 0 aliphatic heterocycles. The summed E-state index contributed by atoms with van der Waals surface area (Å²) in [7, 11) is 0. The molecule has 1 aromatic heterocycles. The fourth-order valence-electron chi connectivity index (χ4n) is 3.02. The van der Waals surface area contributed by atoms with Gasteiger partial charge in [0, 0.05) is 6.04 Å². The molecule has 1 N–H and O–H groups in total. The average Bonchev–Trinajstić information content (AvgIpc) is 3.26. The lowest BCUT2D eigenvalue weighted by molar-refractivity contribution is -0.120. The Morgan fingerprint density at radius 2 is 1.88 bits per heavy atom. The third kappa shape index (κ3) is 4.39. The Hall–Kier alpha value is -1.89. The van der Waals surface area contributed by atoms with Crippen molar-refractivity contribution in [3.05, 3.63) is 29.8 Å². The van der Waals surface area contributed by atoms with E-state index in [1.807, 2.05) is 19.1 Å². The molecule has 1 aliphatic carbocycles. The number of carbonyl (C=O) groups is 1. The lowest BCUT2D eigenvalue weighted by Gasteiger charge is -2.16. The average molecular weight is 359 g/mol. The van der Waals surface area contributed by atoms with Crippen molar-refractivity contribution in [2.75, 3.05) is 0 Å². The van der Waals surface area contributed by atoms with Gasteiger partial charge in [-0.25, -0.2) is 0 Å². The maximum Gasteiger partial charge on any atom is 0.233 e. The Bertz CT molecular complexity index is 707. The zero-order valence-corrected chi connectivity index (χ0v) is 15.8. The highest BCUT2D eigenvalue weighted by molar-refractivity contribution is 8.00. The minimum Gasteiger partial charge on any atom is -0.352 e. The van der Waals surface area contributed by atoms with Crippen molar-refractivity contribution in [1.82, 2.24) is 25.5 Å². The van der Waals surface area contributed by atoms with Crippen LogP contribution in [0.3, 0.4) is 0 Å². The fraction of sp³-hybridized carbons (Fsp3) is 0.556. The van der Waals surface area contributed by atoms with Gasteiger partial charge in [0.1, 0.15) is 0 Å². The number of tetrazole rings is 1. The molecule has 1 saturated carbocycles. The molecule has 7 heteroatoms. The highest BCUT2D eigenvalue weighted by atomic mass is 32.2. The number of benzene rings is 1. The predicted molar refractivity (Wildman–Crippen MR) is 99.0 cm³/mol. The van der Waals surface area contributed by atoms with Crippen molar-refractivity contribution in [2.24, 2.45) is 0 Å². The molecule has 6 nitrogen and oxygen atoms in total. The number of carbonyl (C=O) groups excluding carboxylic acids is 1. The van der Waals surface area contributed by atoms with Crippen molar-refractivity contribution in [3.63, 3.8) is 0 Å². The van der Waals surface area contributed by atoms with Crippen LogP contribution in [0.4, 0.5) is 0 Å². The van der Waals surface area contributed by atoms with Crippen LogP contribution in [0, 0.1) is 0 Å². The molecule has 1 aliphatic rings. The van der Waals surface area contributed by atoms with Gasteiger partial charge in [-0.05, 0) is 53.8 Å². The van der Waals surface area contributed by atoms with Crippen LogP contribution in [0.15, 0.2) is 29.4 Å². The topological polar surface area (TPSA) is 72.7 Å². The summed E-state index contributed by atoms with van der Waals surface area (Å²) in [6.45, 7) is 6.23. The number of rotatable bonds is 6. The van der Waals surface area contributed by atoms with Gasteiger partial charge < -0.3 is 5.32 Å².